The average Bonchev–Trinajstić information content (AvgIpc) is 3.23. The van der Waals surface area contributed by atoms with Crippen LogP contribution in [0.1, 0.15) is 29.4 Å². The van der Waals surface area contributed by atoms with E-state index in [9.17, 15) is 13.6 Å². The number of benzene rings is 1. The summed E-state index contributed by atoms with van der Waals surface area (Å²) in [6.45, 7) is -0.0811. The molecule has 2 aliphatic rings. The lowest BCUT2D eigenvalue weighted by molar-refractivity contribution is 0.0339. The number of aromatic nitrogens is 2. The number of carbonyl (C=O) groups is 1. The van der Waals surface area contributed by atoms with E-state index in [-0.39, 0.29) is 35.5 Å². The van der Waals surface area contributed by atoms with E-state index in [2.05, 4.69) is 25.0 Å². The number of nitrogens with two attached hydrogens (primary N) is 1. The molecule has 0 saturated carbocycles. The number of hydrogen-bond donors (Lipinski definition) is 2. The minimum Gasteiger partial charge on any atom is -0.459 e. The summed E-state index contributed by atoms with van der Waals surface area (Å²) in [6, 6.07) is 3.49. The lowest BCUT2D eigenvalue weighted by Gasteiger charge is -2.41. The number of rotatable bonds is 7. The smallest absolute Gasteiger partial charge is 0.283 e. The number of amidine groups is 1. The van der Waals surface area contributed by atoms with Gasteiger partial charge < -0.3 is 25.3 Å². The second-order valence-corrected chi connectivity index (χ2v) is 7.61. The highest BCUT2D eigenvalue weighted by Crippen LogP contribution is 2.47. The van der Waals surface area contributed by atoms with E-state index in [1.165, 1.54) is 12.1 Å². The fourth-order valence-corrected chi connectivity index (χ4v) is 4.34. The van der Waals surface area contributed by atoms with Crippen LogP contribution in [0.3, 0.4) is 0 Å². The molecule has 176 valence electrons. The summed E-state index contributed by atoms with van der Waals surface area (Å²) in [7, 11) is 0. The summed E-state index contributed by atoms with van der Waals surface area (Å²) >= 11 is 0. The molecule has 1 fully saturated rings. The van der Waals surface area contributed by atoms with Gasteiger partial charge in [-0.2, -0.15) is 0 Å². The molecule has 1 saturated heterocycles. The van der Waals surface area contributed by atoms with Gasteiger partial charge in [0.2, 0.25) is 12.7 Å². The zero-order valence-corrected chi connectivity index (χ0v) is 17.6. The molecule has 1 amide bonds. The second kappa shape index (κ2) is 9.22. The fraction of sp³-hybridized carbons (Fsp3) is 0.429. The van der Waals surface area contributed by atoms with Crippen molar-refractivity contribution in [1.29, 1.82) is 0 Å². The van der Waals surface area contributed by atoms with E-state index in [0.717, 1.165) is 18.5 Å². The van der Waals surface area contributed by atoms with Crippen molar-refractivity contribution in [2.24, 2.45) is 16.6 Å². The maximum atomic E-state index is 15.0. The molecule has 9 nitrogen and oxygen atoms in total. The Hall–Kier alpha value is -3.41. The van der Waals surface area contributed by atoms with E-state index in [0.29, 0.717) is 6.42 Å². The van der Waals surface area contributed by atoms with Crippen molar-refractivity contribution in [2.45, 2.75) is 31.1 Å². The molecular weight excluding hydrogens is 443 g/mol. The highest BCUT2D eigenvalue weighted by molar-refractivity contribution is 6.02. The van der Waals surface area contributed by atoms with Crippen LogP contribution in [0, 0.1) is 11.7 Å². The van der Waals surface area contributed by atoms with E-state index in [4.69, 9.17) is 15.2 Å². The molecule has 2 aliphatic heterocycles. The predicted octanol–water partition coefficient (Wildman–Crippen LogP) is 2.48. The van der Waals surface area contributed by atoms with Gasteiger partial charge in [0, 0.05) is 11.3 Å². The van der Waals surface area contributed by atoms with Crippen LogP contribution in [-0.2, 0) is 15.0 Å². The number of hydrogen-bond acceptors (Lipinski definition) is 8. The normalized spacial score (nSPS) is 26.2. The van der Waals surface area contributed by atoms with Crippen molar-refractivity contribution in [2.75, 3.05) is 25.5 Å². The Kier molecular flexibility index (Phi) is 6.36. The molecule has 0 spiro atoms. The molecule has 3 heterocycles. The lowest BCUT2D eigenvalue weighted by atomic mass is 9.73. The van der Waals surface area contributed by atoms with Gasteiger partial charge in [-0.15, -0.1) is 0 Å². The Bertz CT molecular complexity index is 1050. The Balaban J connectivity index is 1.67. The second-order valence-electron chi connectivity index (χ2n) is 7.61. The Morgan fingerprint density at radius 3 is 2.82 bits per heavy atom. The third-order valence-electron chi connectivity index (χ3n) is 5.77. The molecular formula is C21H22F3N5O4. The Morgan fingerprint density at radius 1 is 1.33 bits per heavy atom. The van der Waals surface area contributed by atoms with Crippen molar-refractivity contribution in [3.8, 4) is 5.88 Å². The van der Waals surface area contributed by atoms with Crippen LogP contribution in [0.4, 0.5) is 18.9 Å². The first-order valence-corrected chi connectivity index (χ1v) is 10.2. The summed E-state index contributed by atoms with van der Waals surface area (Å²) in [4.78, 5) is 24.4. The van der Waals surface area contributed by atoms with Gasteiger partial charge in [-0.3, -0.25) is 4.79 Å². The maximum Gasteiger partial charge on any atom is 0.283 e. The molecule has 0 unspecified atom stereocenters. The van der Waals surface area contributed by atoms with Gasteiger partial charge in [0.15, 0.2) is 0 Å². The number of aliphatic imine (C=N–C) groups is 1. The number of ether oxygens (including phenoxy) is 3. The summed E-state index contributed by atoms with van der Waals surface area (Å²) in [5, 5.41) is 2.57. The number of amides is 1. The minimum atomic E-state index is -1.68. The van der Waals surface area contributed by atoms with Crippen molar-refractivity contribution in [1.82, 2.24) is 9.97 Å². The van der Waals surface area contributed by atoms with Crippen molar-refractivity contribution >= 4 is 17.6 Å². The molecule has 4 rings (SSSR count). The summed E-state index contributed by atoms with van der Waals surface area (Å²) in [6.07, 6.45) is 1.74. The quantitative estimate of drug-likeness (QED) is 0.644. The number of halogens is 3. The molecule has 3 N–H and O–H groups in total. The van der Waals surface area contributed by atoms with Gasteiger partial charge in [0.25, 0.3) is 11.9 Å². The topological polar surface area (TPSA) is 121 Å². The van der Waals surface area contributed by atoms with Crippen LogP contribution in [0.2, 0.25) is 0 Å². The fourth-order valence-electron chi connectivity index (χ4n) is 4.34. The number of carbonyl (C=O) groups excluding carboxylic acids is 1. The first kappa shape index (κ1) is 22.8. The predicted molar refractivity (Wildman–Crippen MR) is 111 cm³/mol. The number of alkyl halides is 2. The molecule has 33 heavy (non-hydrogen) atoms. The van der Waals surface area contributed by atoms with Gasteiger partial charge >= 0.3 is 0 Å². The van der Waals surface area contributed by atoms with Crippen molar-refractivity contribution < 1.29 is 32.2 Å². The number of fused-ring (bicyclic) bond motifs is 1. The molecule has 4 atom stereocenters. The Morgan fingerprint density at radius 2 is 2.15 bits per heavy atom. The van der Waals surface area contributed by atoms with Gasteiger partial charge in [0.05, 0.1) is 31.0 Å². The molecule has 0 aliphatic carbocycles. The lowest BCUT2D eigenvalue weighted by Crippen LogP contribution is -2.52. The van der Waals surface area contributed by atoms with Crippen molar-refractivity contribution in [3.05, 3.63) is 47.7 Å². The number of nitrogens with zero attached hydrogens (tertiary/aromatic N) is 3. The molecule has 0 bridgehead atoms. The van der Waals surface area contributed by atoms with Crippen LogP contribution in [0.15, 0.2) is 35.6 Å². The first-order valence-electron chi connectivity index (χ1n) is 10.2. The third-order valence-corrected chi connectivity index (χ3v) is 5.77. The highest BCUT2D eigenvalue weighted by Gasteiger charge is 2.57. The monoisotopic (exact) mass is 465 g/mol. The Labute approximate surface area is 187 Å². The van der Waals surface area contributed by atoms with Crippen molar-refractivity contribution in [3.63, 3.8) is 0 Å². The molecule has 0 radical (unpaired) electrons. The average molecular weight is 465 g/mol. The zero-order chi connectivity index (χ0) is 23.6. The zero-order valence-electron chi connectivity index (χ0n) is 17.6. The van der Waals surface area contributed by atoms with Crippen LogP contribution in [0.25, 0.3) is 0 Å². The minimum absolute atomic E-state index is 0.0780. The van der Waals surface area contributed by atoms with Crippen LogP contribution in [-0.4, -0.2) is 54.2 Å². The largest absolute Gasteiger partial charge is 0.459 e. The molecule has 1 aromatic heterocycles. The first-order chi connectivity index (χ1) is 15.9. The van der Waals surface area contributed by atoms with E-state index in [1.54, 1.807) is 0 Å². The summed E-state index contributed by atoms with van der Waals surface area (Å²) < 4.78 is 57.8. The molecule has 2 aromatic rings. The summed E-state index contributed by atoms with van der Waals surface area (Å²) in [5.41, 5.74) is 4.14. The SMILES string of the molecule is CC[C@@H]1OC[C@H]2OC(N)=N[C@](CF)(c3cc(NC(=O)c4cnc(OCF)cn4)ccc3F)[C@@H]12. The number of nitrogens with one attached hydrogen (secondary N) is 1. The van der Waals surface area contributed by atoms with Crippen LogP contribution in [0.5, 0.6) is 5.88 Å². The standard InChI is InChI=1S/C21H22F3N5O4/c1-2-15-18-16(8-31-15)33-20(25)29-21(18,9-22)12-5-11(3-4-13(12)24)28-19(30)14-6-27-17(7-26-14)32-10-23/h3-7,15-16,18H,2,8-10H2,1H3,(H2,25,29)(H,28,30)/t15-,16+,18-,21+/m0/s1. The van der Waals surface area contributed by atoms with Crippen LogP contribution < -0.4 is 15.8 Å². The van der Waals surface area contributed by atoms with Gasteiger partial charge in [-0.25, -0.2) is 28.1 Å². The highest BCUT2D eigenvalue weighted by atomic mass is 19.1. The van der Waals surface area contributed by atoms with Gasteiger partial charge in [0.1, 0.15) is 29.8 Å². The van der Waals surface area contributed by atoms with Crippen LogP contribution >= 0.6 is 0 Å². The van der Waals surface area contributed by atoms with E-state index < -0.39 is 48.9 Å². The number of anilines is 1. The summed E-state index contributed by atoms with van der Waals surface area (Å²) in [5.74, 6) is -2.08. The van der Waals surface area contributed by atoms with E-state index in [1.807, 2.05) is 6.92 Å². The third kappa shape index (κ3) is 4.17. The van der Waals surface area contributed by atoms with Gasteiger partial charge in [-0.1, -0.05) is 6.92 Å². The van der Waals surface area contributed by atoms with Gasteiger partial charge in [-0.05, 0) is 24.6 Å². The molecule has 1 aromatic carbocycles. The maximum absolute atomic E-state index is 15.0. The molecule has 12 heteroatoms. The van der Waals surface area contributed by atoms with E-state index >= 15 is 4.39 Å².